The number of carbonyl (C=O) groups is 1. The first-order chi connectivity index (χ1) is 21.8. The van der Waals surface area contributed by atoms with E-state index in [-0.39, 0.29) is 17.2 Å². The van der Waals surface area contributed by atoms with Gasteiger partial charge in [-0.1, -0.05) is 41.7 Å². The van der Waals surface area contributed by atoms with Crippen molar-refractivity contribution in [2.24, 2.45) is 4.99 Å². The Morgan fingerprint density at radius 2 is 1.80 bits per heavy atom. The second kappa shape index (κ2) is 12.0. The van der Waals surface area contributed by atoms with Crippen LogP contribution in [0, 0.1) is 10.1 Å². The highest BCUT2D eigenvalue weighted by Gasteiger charge is 2.36. The number of nitro benzene ring substituents is 1. The van der Waals surface area contributed by atoms with E-state index in [0.717, 1.165) is 16.3 Å². The number of hydrogen-bond acceptors (Lipinski definition) is 7. The fourth-order valence-electron chi connectivity index (χ4n) is 5.90. The summed E-state index contributed by atoms with van der Waals surface area (Å²) in [7, 11) is 1.59. The maximum Gasteiger partial charge on any atom is 0.271 e. The van der Waals surface area contributed by atoms with Gasteiger partial charge < -0.3 is 14.2 Å². The molecule has 228 valence electrons. The first-order valence-electron chi connectivity index (χ1n) is 14.6. The van der Waals surface area contributed by atoms with Crippen LogP contribution in [0.4, 0.5) is 5.69 Å². The van der Waals surface area contributed by atoms with Gasteiger partial charge in [-0.15, -0.1) is 0 Å². The van der Waals surface area contributed by atoms with Crippen LogP contribution >= 0.6 is 11.3 Å². The molecule has 0 unspecified atom stereocenters. The molecule has 0 spiro atoms. The number of benzene rings is 3. The molecule has 3 heterocycles. The number of amides is 1. The van der Waals surface area contributed by atoms with Gasteiger partial charge in [0.15, 0.2) is 4.80 Å². The Morgan fingerprint density at radius 3 is 2.49 bits per heavy atom. The minimum atomic E-state index is -0.779. The average molecular weight is 622 g/mol. The Bertz CT molecular complexity index is 2170. The van der Waals surface area contributed by atoms with Crippen molar-refractivity contribution < 1.29 is 14.5 Å². The monoisotopic (exact) mass is 621 g/mol. The number of non-ortho nitro benzene ring substituents is 1. The van der Waals surface area contributed by atoms with E-state index in [0.29, 0.717) is 50.8 Å². The zero-order valence-corrected chi connectivity index (χ0v) is 26.1. The Labute approximate surface area is 262 Å². The second-order valence-electron chi connectivity index (χ2n) is 10.5. The van der Waals surface area contributed by atoms with Crippen molar-refractivity contribution in [3.05, 3.63) is 131 Å². The van der Waals surface area contributed by atoms with Gasteiger partial charge in [0.25, 0.3) is 17.2 Å². The quantitative estimate of drug-likeness (QED) is 0.180. The number of methoxy groups -OCH3 is 1. The third-order valence-electron chi connectivity index (χ3n) is 8.12. The number of carbonyl (C=O) groups excluding carboxylic acids is 1. The van der Waals surface area contributed by atoms with Crippen LogP contribution in [0.5, 0.6) is 5.75 Å². The van der Waals surface area contributed by atoms with Crippen LogP contribution in [0.15, 0.2) is 100 Å². The number of rotatable bonds is 8. The summed E-state index contributed by atoms with van der Waals surface area (Å²) in [6.07, 6.45) is 3.62. The standard InChI is InChI=1S/C34H31N5O5S/c1-5-36(6-2)33(41)29-21(3)35-34-38(31(29)30-26-12-8-7-10-22(26)13-18-27(30)44-4)32(40)28(45-34)20-25-11-9-19-37(25)23-14-16-24(17-15-23)39(42)43/h7-20,31H,5-6H2,1-4H3/b28-20+/t31-/m0/s1. The van der Waals surface area contributed by atoms with E-state index in [9.17, 15) is 19.7 Å². The van der Waals surface area contributed by atoms with Crippen molar-refractivity contribution in [2.75, 3.05) is 20.2 Å². The summed E-state index contributed by atoms with van der Waals surface area (Å²) >= 11 is 1.25. The first-order valence-corrected chi connectivity index (χ1v) is 15.4. The van der Waals surface area contributed by atoms with Crippen LogP contribution in [0.2, 0.25) is 0 Å². The highest BCUT2D eigenvalue weighted by molar-refractivity contribution is 7.07. The fraction of sp³-hybridized carbons (Fsp3) is 0.206. The van der Waals surface area contributed by atoms with Crippen LogP contribution in [0.1, 0.15) is 38.1 Å². The lowest BCUT2D eigenvalue weighted by Crippen LogP contribution is -2.43. The predicted molar refractivity (Wildman–Crippen MR) is 175 cm³/mol. The Morgan fingerprint density at radius 1 is 1.07 bits per heavy atom. The Balaban J connectivity index is 1.59. The summed E-state index contributed by atoms with van der Waals surface area (Å²) in [6, 6.07) is 20.9. The highest BCUT2D eigenvalue weighted by Crippen LogP contribution is 2.40. The molecular weight excluding hydrogens is 590 g/mol. The molecule has 1 aliphatic heterocycles. The first kappa shape index (κ1) is 29.8. The Kier molecular flexibility index (Phi) is 7.94. The number of hydrogen-bond donors (Lipinski definition) is 0. The molecule has 3 aromatic carbocycles. The molecule has 2 aromatic heterocycles. The van der Waals surface area contributed by atoms with Gasteiger partial charge in [0.05, 0.1) is 27.8 Å². The summed E-state index contributed by atoms with van der Waals surface area (Å²) in [5.41, 5.74) is 2.84. The molecule has 0 aliphatic carbocycles. The molecule has 10 nitrogen and oxygen atoms in total. The van der Waals surface area contributed by atoms with E-state index in [2.05, 4.69) is 0 Å². The lowest BCUT2D eigenvalue weighted by atomic mass is 9.90. The molecule has 0 N–H and O–H groups in total. The van der Waals surface area contributed by atoms with Gasteiger partial charge >= 0.3 is 0 Å². The average Bonchev–Trinajstić information content (AvgIpc) is 3.64. The van der Waals surface area contributed by atoms with E-state index >= 15 is 0 Å². The predicted octanol–water partition coefficient (Wildman–Crippen LogP) is 4.96. The van der Waals surface area contributed by atoms with Crippen LogP contribution in [-0.4, -0.2) is 45.1 Å². The van der Waals surface area contributed by atoms with Gasteiger partial charge in [-0.25, -0.2) is 4.99 Å². The maximum atomic E-state index is 14.4. The third kappa shape index (κ3) is 5.14. The van der Waals surface area contributed by atoms with Crippen molar-refractivity contribution in [3.8, 4) is 11.4 Å². The minimum Gasteiger partial charge on any atom is -0.496 e. The molecule has 0 bridgehead atoms. The zero-order chi connectivity index (χ0) is 31.8. The van der Waals surface area contributed by atoms with Gasteiger partial charge in [0, 0.05) is 48.4 Å². The molecule has 6 rings (SSSR count). The van der Waals surface area contributed by atoms with Crippen molar-refractivity contribution >= 4 is 39.8 Å². The molecule has 0 saturated carbocycles. The zero-order valence-electron chi connectivity index (χ0n) is 25.3. The van der Waals surface area contributed by atoms with Crippen molar-refractivity contribution in [1.29, 1.82) is 0 Å². The van der Waals surface area contributed by atoms with Crippen LogP contribution in [0.3, 0.4) is 0 Å². The van der Waals surface area contributed by atoms with Crippen molar-refractivity contribution in [3.63, 3.8) is 0 Å². The van der Waals surface area contributed by atoms with E-state index in [1.807, 2.05) is 80.1 Å². The summed E-state index contributed by atoms with van der Waals surface area (Å²) in [5.74, 6) is 0.391. The normalized spacial score (nSPS) is 14.8. The van der Waals surface area contributed by atoms with E-state index in [4.69, 9.17) is 9.73 Å². The summed E-state index contributed by atoms with van der Waals surface area (Å²) in [5, 5.41) is 13.0. The molecule has 1 aliphatic rings. The number of thiazole rings is 1. The largest absolute Gasteiger partial charge is 0.496 e. The molecule has 45 heavy (non-hydrogen) atoms. The van der Waals surface area contributed by atoms with Gasteiger partial charge in [-0.3, -0.25) is 24.3 Å². The van der Waals surface area contributed by atoms with Crippen molar-refractivity contribution in [1.82, 2.24) is 14.0 Å². The lowest BCUT2D eigenvalue weighted by Gasteiger charge is -2.30. The molecule has 1 amide bonds. The lowest BCUT2D eigenvalue weighted by molar-refractivity contribution is -0.384. The molecule has 0 saturated heterocycles. The molecule has 0 fully saturated rings. The van der Waals surface area contributed by atoms with E-state index in [1.165, 1.54) is 23.5 Å². The van der Waals surface area contributed by atoms with Crippen molar-refractivity contribution in [2.45, 2.75) is 26.8 Å². The number of aromatic nitrogens is 2. The third-order valence-corrected chi connectivity index (χ3v) is 9.11. The fourth-order valence-corrected chi connectivity index (χ4v) is 6.93. The van der Waals surface area contributed by atoms with Crippen LogP contribution in [0.25, 0.3) is 22.5 Å². The number of ether oxygens (including phenoxy) is 1. The summed E-state index contributed by atoms with van der Waals surface area (Å²) in [6.45, 7) is 6.70. The Hall–Kier alpha value is -5.29. The molecule has 1 atom stereocenters. The highest BCUT2D eigenvalue weighted by atomic mass is 32.1. The molecular formula is C34H31N5O5S. The van der Waals surface area contributed by atoms with Gasteiger partial charge in [-0.2, -0.15) is 0 Å². The molecule has 0 radical (unpaired) electrons. The minimum absolute atomic E-state index is 0.00457. The second-order valence-corrected chi connectivity index (χ2v) is 11.5. The topological polar surface area (TPSA) is 112 Å². The molecule has 5 aromatic rings. The van der Waals surface area contributed by atoms with E-state index in [1.54, 1.807) is 34.8 Å². The number of nitrogens with zero attached hydrogens (tertiary/aromatic N) is 5. The number of nitro groups is 1. The van der Waals surface area contributed by atoms with E-state index < -0.39 is 11.0 Å². The van der Waals surface area contributed by atoms with Gasteiger partial charge in [0.2, 0.25) is 0 Å². The number of likely N-dealkylation sites (N-methyl/N-ethyl adjacent to an activating group) is 1. The number of allylic oxidation sites excluding steroid dienone is 1. The smallest absolute Gasteiger partial charge is 0.271 e. The summed E-state index contributed by atoms with van der Waals surface area (Å²) < 4.78 is 9.78. The summed E-state index contributed by atoms with van der Waals surface area (Å²) in [4.78, 5) is 46.3. The maximum absolute atomic E-state index is 14.4. The van der Waals surface area contributed by atoms with Gasteiger partial charge in [0.1, 0.15) is 11.8 Å². The number of fused-ring (bicyclic) bond motifs is 2. The molecule has 11 heteroatoms. The SMILES string of the molecule is CCN(CC)C(=O)C1=C(C)N=c2s/c(=C/c3cccn3-c3ccc([N+](=O)[O-])cc3)c(=O)n2[C@@H]1c1c(OC)ccc2ccccc12. The van der Waals surface area contributed by atoms with Gasteiger partial charge in [-0.05, 0) is 68.0 Å². The van der Waals surface area contributed by atoms with Crippen LogP contribution < -0.4 is 19.6 Å². The van der Waals surface area contributed by atoms with Crippen LogP contribution in [-0.2, 0) is 4.79 Å².